The second kappa shape index (κ2) is 7.75. The monoisotopic (exact) mass is 338 g/mol. The lowest BCUT2D eigenvalue weighted by molar-refractivity contribution is 0.0606. The summed E-state index contributed by atoms with van der Waals surface area (Å²) in [6.45, 7) is 10.5. The van der Waals surface area contributed by atoms with Gasteiger partial charge in [0.25, 0.3) is 0 Å². The number of nitrogens with zero attached hydrogens (tertiary/aromatic N) is 2. The molecule has 23 heavy (non-hydrogen) atoms. The molecule has 1 atom stereocenters. The van der Waals surface area contributed by atoms with Gasteiger partial charge >= 0.3 is 5.97 Å². The highest BCUT2D eigenvalue weighted by molar-refractivity contribution is 7.14. The smallest absolute Gasteiger partial charge is 0.348 e. The van der Waals surface area contributed by atoms with E-state index in [9.17, 15) is 4.79 Å². The van der Waals surface area contributed by atoms with Crippen molar-refractivity contribution in [2.75, 3.05) is 53.0 Å². The Morgan fingerprint density at radius 3 is 2.74 bits per heavy atom. The van der Waals surface area contributed by atoms with Crippen molar-refractivity contribution in [3.63, 3.8) is 0 Å². The van der Waals surface area contributed by atoms with Gasteiger partial charge < -0.3 is 14.4 Å². The first-order valence-corrected chi connectivity index (χ1v) is 9.17. The number of carbonyl (C=O) groups is 1. The minimum atomic E-state index is -0.229. The first-order valence-electron chi connectivity index (χ1n) is 8.36. The predicted octanol–water partition coefficient (Wildman–Crippen LogP) is 2.00. The molecule has 128 valence electrons. The molecule has 0 N–H and O–H groups in total. The Morgan fingerprint density at radius 2 is 2.09 bits per heavy atom. The van der Waals surface area contributed by atoms with Gasteiger partial charge in [-0.05, 0) is 30.9 Å². The Bertz CT molecular complexity index is 532. The number of hydrogen-bond acceptors (Lipinski definition) is 6. The molecule has 0 saturated carbocycles. The SMILES string of the molecule is COC(=O)c1cc(CN2CCN(C[C@H]3CCOC3)CC2)c(C)s1. The van der Waals surface area contributed by atoms with E-state index in [1.165, 1.54) is 41.9 Å². The van der Waals surface area contributed by atoms with E-state index in [2.05, 4.69) is 16.7 Å². The Hall–Kier alpha value is -0.950. The molecule has 3 rings (SSSR count). The number of rotatable bonds is 5. The van der Waals surface area contributed by atoms with Gasteiger partial charge in [-0.15, -0.1) is 11.3 Å². The van der Waals surface area contributed by atoms with Crippen LogP contribution in [0.25, 0.3) is 0 Å². The summed E-state index contributed by atoms with van der Waals surface area (Å²) in [7, 11) is 1.44. The van der Waals surface area contributed by atoms with Crippen LogP contribution in [0.4, 0.5) is 0 Å². The molecule has 2 aliphatic heterocycles. The largest absolute Gasteiger partial charge is 0.465 e. The van der Waals surface area contributed by atoms with E-state index in [0.29, 0.717) is 4.88 Å². The van der Waals surface area contributed by atoms with Gasteiger partial charge in [-0.25, -0.2) is 4.79 Å². The Balaban J connectivity index is 1.48. The summed E-state index contributed by atoms with van der Waals surface area (Å²) >= 11 is 1.53. The van der Waals surface area contributed by atoms with Crippen molar-refractivity contribution in [3.05, 3.63) is 21.4 Å². The number of methoxy groups -OCH3 is 1. The second-order valence-electron chi connectivity index (χ2n) is 6.49. The highest BCUT2D eigenvalue weighted by Gasteiger charge is 2.23. The zero-order valence-electron chi connectivity index (χ0n) is 14.0. The molecule has 2 aliphatic rings. The maximum absolute atomic E-state index is 11.6. The van der Waals surface area contributed by atoms with Crippen LogP contribution in [0, 0.1) is 12.8 Å². The van der Waals surface area contributed by atoms with Gasteiger partial charge in [0.15, 0.2) is 0 Å². The predicted molar refractivity (Wildman–Crippen MR) is 91.0 cm³/mol. The van der Waals surface area contributed by atoms with Gasteiger partial charge in [-0.2, -0.15) is 0 Å². The highest BCUT2D eigenvalue weighted by Crippen LogP contribution is 2.24. The third-order valence-corrected chi connectivity index (χ3v) is 5.88. The molecule has 0 aliphatic carbocycles. The quantitative estimate of drug-likeness (QED) is 0.768. The molecular weight excluding hydrogens is 312 g/mol. The molecule has 1 aromatic heterocycles. The molecule has 1 aromatic rings. The number of piperazine rings is 1. The minimum absolute atomic E-state index is 0.229. The summed E-state index contributed by atoms with van der Waals surface area (Å²) in [5.41, 5.74) is 1.26. The van der Waals surface area contributed by atoms with Crippen LogP contribution in [-0.4, -0.2) is 68.8 Å². The lowest BCUT2D eigenvalue weighted by Crippen LogP contribution is -2.47. The molecular formula is C17H26N2O3S. The fraction of sp³-hybridized carbons (Fsp3) is 0.706. The molecule has 3 heterocycles. The minimum Gasteiger partial charge on any atom is -0.465 e. The molecule has 2 fully saturated rings. The van der Waals surface area contributed by atoms with Crippen molar-refractivity contribution < 1.29 is 14.3 Å². The number of thiophene rings is 1. The van der Waals surface area contributed by atoms with Crippen molar-refractivity contribution >= 4 is 17.3 Å². The summed E-state index contributed by atoms with van der Waals surface area (Å²) in [6.07, 6.45) is 1.21. The van der Waals surface area contributed by atoms with E-state index in [0.717, 1.165) is 51.9 Å². The van der Waals surface area contributed by atoms with E-state index in [4.69, 9.17) is 9.47 Å². The summed E-state index contributed by atoms with van der Waals surface area (Å²) in [6, 6.07) is 1.99. The van der Waals surface area contributed by atoms with Crippen LogP contribution in [0.2, 0.25) is 0 Å². The highest BCUT2D eigenvalue weighted by atomic mass is 32.1. The van der Waals surface area contributed by atoms with Crippen LogP contribution < -0.4 is 0 Å². The molecule has 0 aromatic carbocycles. The zero-order chi connectivity index (χ0) is 16.2. The third-order valence-electron chi connectivity index (χ3n) is 4.81. The van der Waals surface area contributed by atoms with E-state index < -0.39 is 0 Å². The normalized spacial score (nSPS) is 23.3. The molecule has 0 bridgehead atoms. The fourth-order valence-corrected chi connectivity index (χ4v) is 4.29. The topological polar surface area (TPSA) is 42.0 Å². The van der Waals surface area contributed by atoms with Gasteiger partial charge in [-0.3, -0.25) is 4.90 Å². The summed E-state index contributed by atoms with van der Waals surface area (Å²) in [5.74, 6) is 0.497. The molecule has 6 heteroatoms. The number of esters is 1. The van der Waals surface area contributed by atoms with Crippen LogP contribution in [0.1, 0.15) is 26.5 Å². The van der Waals surface area contributed by atoms with Crippen LogP contribution in [0.5, 0.6) is 0 Å². The molecule has 2 saturated heterocycles. The molecule has 0 unspecified atom stereocenters. The van der Waals surface area contributed by atoms with Crippen molar-refractivity contribution in [2.24, 2.45) is 5.92 Å². The van der Waals surface area contributed by atoms with Crippen LogP contribution >= 0.6 is 11.3 Å². The number of hydrogen-bond donors (Lipinski definition) is 0. The maximum atomic E-state index is 11.6. The molecule has 0 amide bonds. The van der Waals surface area contributed by atoms with E-state index in [-0.39, 0.29) is 5.97 Å². The van der Waals surface area contributed by atoms with Crippen LogP contribution in [0.15, 0.2) is 6.07 Å². The van der Waals surface area contributed by atoms with Crippen LogP contribution in [-0.2, 0) is 16.0 Å². The number of aryl methyl sites for hydroxylation is 1. The maximum Gasteiger partial charge on any atom is 0.348 e. The lowest BCUT2D eigenvalue weighted by atomic mass is 10.1. The average Bonchev–Trinajstić information content (AvgIpc) is 3.19. The fourth-order valence-electron chi connectivity index (χ4n) is 3.34. The third kappa shape index (κ3) is 4.32. The van der Waals surface area contributed by atoms with Crippen LogP contribution in [0.3, 0.4) is 0 Å². The average molecular weight is 338 g/mol. The molecule has 0 spiro atoms. The van der Waals surface area contributed by atoms with E-state index in [1.54, 1.807) is 0 Å². The summed E-state index contributed by atoms with van der Waals surface area (Å²) in [5, 5.41) is 0. The Morgan fingerprint density at radius 1 is 1.35 bits per heavy atom. The van der Waals surface area contributed by atoms with Gasteiger partial charge in [0, 0.05) is 50.8 Å². The lowest BCUT2D eigenvalue weighted by Gasteiger charge is -2.35. The van der Waals surface area contributed by atoms with Gasteiger partial charge in [0.1, 0.15) is 4.88 Å². The van der Waals surface area contributed by atoms with Gasteiger partial charge in [0.05, 0.1) is 13.7 Å². The second-order valence-corrected chi connectivity index (χ2v) is 7.75. The van der Waals surface area contributed by atoms with Crippen molar-refractivity contribution in [1.29, 1.82) is 0 Å². The Labute approximate surface area is 142 Å². The van der Waals surface area contributed by atoms with Crippen molar-refractivity contribution in [3.8, 4) is 0 Å². The standard InChI is InChI=1S/C17H26N2O3S/c1-13-15(9-16(23-13)17(20)21-2)11-19-6-4-18(5-7-19)10-14-3-8-22-12-14/h9,14H,3-8,10-12H2,1-2H3/t14-/m1/s1. The molecule has 0 radical (unpaired) electrons. The zero-order valence-corrected chi connectivity index (χ0v) is 14.9. The van der Waals surface area contributed by atoms with Crippen molar-refractivity contribution in [1.82, 2.24) is 9.80 Å². The summed E-state index contributed by atoms with van der Waals surface area (Å²) < 4.78 is 10.3. The van der Waals surface area contributed by atoms with Crippen molar-refractivity contribution in [2.45, 2.75) is 19.9 Å². The van der Waals surface area contributed by atoms with Gasteiger partial charge in [-0.1, -0.05) is 0 Å². The Kier molecular flexibility index (Phi) is 5.69. The number of carbonyl (C=O) groups excluding carboxylic acids is 1. The number of ether oxygens (including phenoxy) is 2. The first kappa shape index (κ1) is 16.9. The molecule has 5 nitrogen and oxygen atoms in total. The van der Waals surface area contributed by atoms with E-state index >= 15 is 0 Å². The summed E-state index contributed by atoms with van der Waals surface area (Å²) in [4.78, 5) is 18.6. The van der Waals surface area contributed by atoms with Gasteiger partial charge in [0.2, 0.25) is 0 Å². The first-order chi connectivity index (χ1) is 11.2. The van der Waals surface area contributed by atoms with E-state index in [1.807, 2.05) is 6.07 Å².